The molecule has 0 unspecified atom stereocenters. The lowest BCUT2D eigenvalue weighted by Gasteiger charge is -2.12. The van der Waals surface area contributed by atoms with Crippen LogP contribution in [-0.2, 0) is 13.0 Å². The third-order valence-corrected chi connectivity index (χ3v) is 3.50. The molecule has 0 aliphatic rings. The molecule has 3 rings (SSSR count). The summed E-state index contributed by atoms with van der Waals surface area (Å²) in [6.07, 6.45) is 7.69. The summed E-state index contributed by atoms with van der Waals surface area (Å²) in [5.41, 5.74) is 6.87. The second-order valence-electron chi connectivity index (χ2n) is 4.82. The van der Waals surface area contributed by atoms with Crippen LogP contribution in [0.5, 0.6) is 0 Å². The number of fused-ring (bicyclic) bond motifs is 1. The van der Waals surface area contributed by atoms with E-state index in [9.17, 15) is 0 Å². The second kappa shape index (κ2) is 5.43. The van der Waals surface area contributed by atoms with Crippen LogP contribution in [0.4, 0.5) is 0 Å². The van der Waals surface area contributed by atoms with Crippen molar-refractivity contribution in [3.63, 3.8) is 0 Å². The largest absolute Gasteiger partial charge is 0.326 e. The van der Waals surface area contributed by atoms with E-state index >= 15 is 0 Å². The van der Waals surface area contributed by atoms with Crippen LogP contribution >= 0.6 is 0 Å². The van der Waals surface area contributed by atoms with Gasteiger partial charge in [-0.15, -0.1) is 0 Å². The fourth-order valence-electron chi connectivity index (χ4n) is 2.53. The highest BCUT2D eigenvalue weighted by molar-refractivity contribution is 5.91. The summed E-state index contributed by atoms with van der Waals surface area (Å²) in [5.74, 6) is 1.98. The molecule has 4 heteroatoms. The van der Waals surface area contributed by atoms with Gasteiger partial charge in [0.05, 0.1) is 0 Å². The van der Waals surface area contributed by atoms with Gasteiger partial charge in [0.2, 0.25) is 0 Å². The number of hydrogen-bond donors (Lipinski definition) is 1. The zero-order valence-corrected chi connectivity index (χ0v) is 11.6. The number of rotatable bonds is 4. The van der Waals surface area contributed by atoms with Crippen molar-refractivity contribution in [1.82, 2.24) is 14.5 Å². The van der Waals surface area contributed by atoms with E-state index in [-0.39, 0.29) is 0 Å². The third kappa shape index (κ3) is 2.08. The van der Waals surface area contributed by atoms with Crippen molar-refractivity contribution < 1.29 is 0 Å². The molecule has 0 radical (unpaired) electrons. The maximum atomic E-state index is 5.80. The summed E-state index contributed by atoms with van der Waals surface area (Å²) in [6, 6.07) is 8.25. The summed E-state index contributed by atoms with van der Waals surface area (Å²) in [7, 11) is 0. The molecule has 2 aromatic heterocycles. The Bertz CT molecular complexity index is 730. The molecule has 0 saturated heterocycles. The summed E-state index contributed by atoms with van der Waals surface area (Å²) < 4.78 is 2.08. The van der Waals surface area contributed by atoms with Gasteiger partial charge in [-0.05, 0) is 17.4 Å². The van der Waals surface area contributed by atoms with E-state index in [4.69, 9.17) is 5.73 Å². The first-order valence-corrected chi connectivity index (χ1v) is 6.94. The molecule has 2 heterocycles. The Hall–Kier alpha value is -2.20. The van der Waals surface area contributed by atoms with Gasteiger partial charge in [-0.2, -0.15) is 0 Å². The quantitative estimate of drug-likeness (QED) is 0.790. The molecule has 0 fully saturated rings. The third-order valence-electron chi connectivity index (χ3n) is 3.50. The molecule has 0 bridgehead atoms. The fourth-order valence-corrected chi connectivity index (χ4v) is 2.53. The number of pyridine rings is 1. The first-order valence-electron chi connectivity index (χ1n) is 6.94. The van der Waals surface area contributed by atoms with Gasteiger partial charge in [0, 0.05) is 36.9 Å². The van der Waals surface area contributed by atoms with Crippen LogP contribution in [0.1, 0.15) is 24.7 Å². The second-order valence-corrected chi connectivity index (χ2v) is 4.82. The van der Waals surface area contributed by atoms with Crippen LogP contribution < -0.4 is 5.73 Å². The van der Waals surface area contributed by atoms with Crippen LogP contribution in [-0.4, -0.2) is 14.5 Å². The van der Waals surface area contributed by atoms with E-state index in [1.807, 2.05) is 30.7 Å². The van der Waals surface area contributed by atoms with Crippen molar-refractivity contribution in [2.75, 3.05) is 0 Å². The molecule has 0 amide bonds. The molecule has 0 spiro atoms. The molecule has 0 atom stereocenters. The molecular formula is C16H18N4. The summed E-state index contributed by atoms with van der Waals surface area (Å²) in [5, 5.41) is 2.28. The molecule has 0 aliphatic heterocycles. The molecule has 1 aromatic carbocycles. The number of benzene rings is 1. The highest BCUT2D eigenvalue weighted by Crippen LogP contribution is 2.24. The molecule has 2 N–H and O–H groups in total. The Morgan fingerprint density at radius 2 is 1.95 bits per heavy atom. The van der Waals surface area contributed by atoms with Crippen molar-refractivity contribution in [2.45, 2.75) is 26.3 Å². The SMILES string of the molecule is CCCc1nccn1-c1ncc(CN)c2ccccc12. The Morgan fingerprint density at radius 1 is 1.15 bits per heavy atom. The number of nitrogens with two attached hydrogens (primary N) is 1. The van der Waals surface area contributed by atoms with E-state index in [0.717, 1.165) is 40.8 Å². The monoisotopic (exact) mass is 266 g/mol. The molecule has 20 heavy (non-hydrogen) atoms. The van der Waals surface area contributed by atoms with Gasteiger partial charge in [-0.1, -0.05) is 31.2 Å². The van der Waals surface area contributed by atoms with E-state index in [1.165, 1.54) is 0 Å². The standard InChI is InChI=1S/C16H18N4/c1-2-5-15-18-8-9-20(15)16-14-7-4-3-6-13(14)12(10-17)11-19-16/h3-4,6-9,11H,2,5,10,17H2,1H3. The normalized spacial score (nSPS) is 11.1. The average molecular weight is 266 g/mol. The van der Waals surface area contributed by atoms with Crippen LogP contribution in [0.15, 0.2) is 42.9 Å². The van der Waals surface area contributed by atoms with E-state index in [2.05, 4.69) is 33.6 Å². The zero-order chi connectivity index (χ0) is 13.9. The highest BCUT2D eigenvalue weighted by atomic mass is 15.1. The van der Waals surface area contributed by atoms with E-state index < -0.39 is 0 Å². The Labute approximate surface area is 118 Å². The minimum Gasteiger partial charge on any atom is -0.326 e. The lowest BCUT2D eigenvalue weighted by Crippen LogP contribution is -2.06. The number of hydrogen-bond acceptors (Lipinski definition) is 3. The van der Waals surface area contributed by atoms with Gasteiger partial charge in [-0.25, -0.2) is 9.97 Å². The van der Waals surface area contributed by atoms with Crippen LogP contribution in [0, 0.1) is 0 Å². The predicted molar refractivity (Wildman–Crippen MR) is 80.8 cm³/mol. The van der Waals surface area contributed by atoms with Crippen LogP contribution in [0.2, 0.25) is 0 Å². The summed E-state index contributed by atoms with van der Waals surface area (Å²) >= 11 is 0. The molecule has 3 aromatic rings. The van der Waals surface area contributed by atoms with E-state index in [0.29, 0.717) is 6.54 Å². The van der Waals surface area contributed by atoms with Gasteiger partial charge >= 0.3 is 0 Å². The van der Waals surface area contributed by atoms with Crippen molar-refractivity contribution >= 4 is 10.8 Å². The summed E-state index contributed by atoms with van der Waals surface area (Å²) in [6.45, 7) is 2.65. The van der Waals surface area contributed by atoms with Gasteiger partial charge < -0.3 is 5.73 Å². The number of aromatic nitrogens is 3. The maximum absolute atomic E-state index is 5.80. The first-order chi connectivity index (χ1) is 9.85. The molecule has 0 aliphatic carbocycles. The van der Waals surface area contributed by atoms with Crippen LogP contribution in [0.25, 0.3) is 16.6 Å². The zero-order valence-electron chi connectivity index (χ0n) is 11.6. The maximum Gasteiger partial charge on any atom is 0.145 e. The molecule has 102 valence electrons. The van der Waals surface area contributed by atoms with E-state index in [1.54, 1.807) is 0 Å². The molecular weight excluding hydrogens is 248 g/mol. The van der Waals surface area contributed by atoms with Crippen molar-refractivity contribution in [3.05, 3.63) is 54.2 Å². The van der Waals surface area contributed by atoms with Crippen molar-refractivity contribution in [3.8, 4) is 5.82 Å². The average Bonchev–Trinajstić information content (AvgIpc) is 2.94. The highest BCUT2D eigenvalue weighted by Gasteiger charge is 2.11. The number of aryl methyl sites for hydroxylation is 1. The smallest absolute Gasteiger partial charge is 0.145 e. The van der Waals surface area contributed by atoms with Gasteiger partial charge in [0.25, 0.3) is 0 Å². The first kappa shape index (κ1) is 12.8. The number of nitrogens with zero attached hydrogens (tertiary/aromatic N) is 3. The lowest BCUT2D eigenvalue weighted by atomic mass is 10.1. The van der Waals surface area contributed by atoms with Gasteiger partial charge in [-0.3, -0.25) is 4.57 Å². The van der Waals surface area contributed by atoms with Crippen LogP contribution in [0.3, 0.4) is 0 Å². The minimum absolute atomic E-state index is 0.500. The molecule has 4 nitrogen and oxygen atoms in total. The lowest BCUT2D eigenvalue weighted by molar-refractivity contribution is 0.801. The minimum atomic E-state index is 0.500. The Kier molecular flexibility index (Phi) is 3.48. The van der Waals surface area contributed by atoms with Crippen molar-refractivity contribution in [2.24, 2.45) is 5.73 Å². The topological polar surface area (TPSA) is 56.7 Å². The summed E-state index contributed by atoms with van der Waals surface area (Å²) in [4.78, 5) is 9.04. The molecule has 0 saturated carbocycles. The number of imidazole rings is 1. The van der Waals surface area contributed by atoms with Gasteiger partial charge in [0.1, 0.15) is 11.6 Å². The van der Waals surface area contributed by atoms with Crippen molar-refractivity contribution in [1.29, 1.82) is 0 Å². The van der Waals surface area contributed by atoms with Gasteiger partial charge in [0.15, 0.2) is 0 Å². The Morgan fingerprint density at radius 3 is 2.70 bits per heavy atom. The predicted octanol–water partition coefficient (Wildman–Crippen LogP) is 2.83. The Balaban J connectivity index is 2.24. The fraction of sp³-hybridized carbons (Fsp3) is 0.250.